The molecule has 1 unspecified atom stereocenters. The number of nitrogens with zero attached hydrogens (tertiary/aromatic N) is 3. The molecule has 2 heterocycles. The van der Waals surface area contributed by atoms with E-state index in [1.54, 1.807) is 11.8 Å². The van der Waals surface area contributed by atoms with E-state index >= 15 is 0 Å². The number of ketones is 1. The standard InChI is InChI=1S/C24H25N3O3S/c1-14-23(31-15(2)25-14)21(28)19-20(27(13-12-26(3)4)24(30)22(19)29)18-11-7-9-16-8-5-6-10-17(16)18/h5-11,20,29H,12-13H2,1-4H3. The maximum absolute atomic E-state index is 13.6. The third-order valence-electron chi connectivity index (χ3n) is 5.56. The highest BCUT2D eigenvalue weighted by Gasteiger charge is 2.44. The average molecular weight is 436 g/mol. The lowest BCUT2D eigenvalue weighted by molar-refractivity contribution is -0.129. The van der Waals surface area contributed by atoms with Crippen LogP contribution in [0.1, 0.15) is 32.0 Å². The van der Waals surface area contributed by atoms with Gasteiger partial charge in [0.25, 0.3) is 5.91 Å². The van der Waals surface area contributed by atoms with Gasteiger partial charge in [-0.1, -0.05) is 42.5 Å². The van der Waals surface area contributed by atoms with Crippen molar-refractivity contribution in [3.05, 3.63) is 74.9 Å². The molecule has 160 valence electrons. The lowest BCUT2D eigenvalue weighted by Gasteiger charge is -2.28. The molecule has 4 rings (SSSR count). The largest absolute Gasteiger partial charge is 0.503 e. The van der Waals surface area contributed by atoms with Crippen molar-refractivity contribution in [1.29, 1.82) is 0 Å². The van der Waals surface area contributed by atoms with Gasteiger partial charge < -0.3 is 14.9 Å². The molecule has 0 radical (unpaired) electrons. The minimum absolute atomic E-state index is 0.131. The maximum atomic E-state index is 13.6. The molecule has 1 aromatic heterocycles. The lowest BCUT2D eigenvalue weighted by atomic mass is 9.91. The van der Waals surface area contributed by atoms with Crippen LogP contribution < -0.4 is 0 Å². The molecular weight excluding hydrogens is 410 g/mol. The fourth-order valence-electron chi connectivity index (χ4n) is 4.10. The summed E-state index contributed by atoms with van der Waals surface area (Å²) in [4.78, 5) is 35.1. The number of aliphatic hydroxyl groups excluding tert-OH is 1. The van der Waals surface area contributed by atoms with Crippen LogP contribution in [0.5, 0.6) is 0 Å². The first kappa shape index (κ1) is 21.2. The van der Waals surface area contributed by atoms with Gasteiger partial charge in [-0.05, 0) is 44.3 Å². The molecule has 6 nitrogen and oxygen atoms in total. The van der Waals surface area contributed by atoms with Gasteiger partial charge in [0, 0.05) is 13.1 Å². The Morgan fingerprint density at radius 3 is 2.55 bits per heavy atom. The Hall–Kier alpha value is -3.03. The number of likely N-dealkylation sites (N-methyl/N-ethyl adjacent to an activating group) is 1. The zero-order valence-corrected chi connectivity index (χ0v) is 18.9. The highest BCUT2D eigenvalue weighted by Crippen LogP contribution is 2.42. The summed E-state index contributed by atoms with van der Waals surface area (Å²) in [6.45, 7) is 4.62. The van der Waals surface area contributed by atoms with Crippen LogP contribution in [0.4, 0.5) is 0 Å². The average Bonchev–Trinajstić information content (AvgIpc) is 3.21. The molecule has 1 amide bonds. The van der Waals surface area contributed by atoms with Crippen LogP contribution in [0.3, 0.4) is 0 Å². The molecule has 0 saturated carbocycles. The predicted molar refractivity (Wildman–Crippen MR) is 123 cm³/mol. The van der Waals surface area contributed by atoms with Gasteiger partial charge in [0.1, 0.15) is 0 Å². The SMILES string of the molecule is Cc1nc(C)c(C(=O)C2=C(O)C(=O)N(CCN(C)C)C2c2cccc3ccccc23)s1. The van der Waals surface area contributed by atoms with Gasteiger partial charge in [0.2, 0.25) is 5.78 Å². The number of fused-ring (bicyclic) bond motifs is 1. The van der Waals surface area contributed by atoms with E-state index in [2.05, 4.69) is 4.98 Å². The van der Waals surface area contributed by atoms with Gasteiger partial charge in [-0.3, -0.25) is 9.59 Å². The van der Waals surface area contributed by atoms with E-state index in [1.165, 1.54) is 11.3 Å². The van der Waals surface area contributed by atoms with Crippen molar-refractivity contribution < 1.29 is 14.7 Å². The van der Waals surface area contributed by atoms with Crippen molar-refractivity contribution in [1.82, 2.24) is 14.8 Å². The molecule has 3 aromatic rings. The molecule has 1 aliphatic heterocycles. The Balaban J connectivity index is 1.89. The van der Waals surface area contributed by atoms with E-state index < -0.39 is 17.7 Å². The fourth-order valence-corrected chi connectivity index (χ4v) is 4.97. The first-order valence-corrected chi connectivity index (χ1v) is 11.0. The molecule has 31 heavy (non-hydrogen) atoms. The quantitative estimate of drug-likeness (QED) is 0.591. The molecule has 2 aromatic carbocycles. The van der Waals surface area contributed by atoms with E-state index in [1.807, 2.05) is 68.4 Å². The molecule has 1 atom stereocenters. The molecule has 0 fully saturated rings. The zero-order valence-electron chi connectivity index (χ0n) is 18.0. The van der Waals surface area contributed by atoms with Crippen molar-refractivity contribution >= 4 is 33.8 Å². The molecule has 0 bridgehead atoms. The number of Topliss-reactive ketones (excluding diaryl/α,β-unsaturated/α-hetero) is 1. The number of hydrogen-bond donors (Lipinski definition) is 1. The van der Waals surface area contributed by atoms with Crippen molar-refractivity contribution in [2.45, 2.75) is 19.9 Å². The third kappa shape index (κ3) is 3.75. The number of hydrogen-bond acceptors (Lipinski definition) is 6. The van der Waals surface area contributed by atoms with E-state index in [9.17, 15) is 14.7 Å². The molecule has 1 N–H and O–H groups in total. The van der Waals surface area contributed by atoms with Crippen molar-refractivity contribution in [2.75, 3.05) is 27.2 Å². The molecule has 0 spiro atoms. The highest BCUT2D eigenvalue weighted by molar-refractivity contribution is 7.14. The van der Waals surface area contributed by atoms with Crippen molar-refractivity contribution in [2.24, 2.45) is 0 Å². The summed E-state index contributed by atoms with van der Waals surface area (Å²) in [6, 6.07) is 13.1. The second kappa shape index (κ2) is 8.24. The summed E-state index contributed by atoms with van der Waals surface area (Å²) >= 11 is 1.29. The first-order chi connectivity index (χ1) is 14.8. The number of aliphatic hydroxyl groups is 1. The van der Waals surface area contributed by atoms with Gasteiger partial charge >= 0.3 is 0 Å². The van der Waals surface area contributed by atoms with Crippen molar-refractivity contribution in [3.63, 3.8) is 0 Å². The van der Waals surface area contributed by atoms with Crippen LogP contribution in [0.25, 0.3) is 10.8 Å². The van der Waals surface area contributed by atoms with Crippen molar-refractivity contribution in [3.8, 4) is 0 Å². The smallest absolute Gasteiger partial charge is 0.290 e. The van der Waals surface area contributed by atoms with Gasteiger partial charge in [-0.25, -0.2) is 4.98 Å². The number of aromatic nitrogens is 1. The lowest BCUT2D eigenvalue weighted by Crippen LogP contribution is -2.36. The van der Waals surface area contributed by atoms with Gasteiger partial charge in [0.05, 0.1) is 27.2 Å². The van der Waals surface area contributed by atoms with Crippen LogP contribution in [-0.4, -0.2) is 58.8 Å². The van der Waals surface area contributed by atoms with Crippen LogP contribution in [0.2, 0.25) is 0 Å². The highest BCUT2D eigenvalue weighted by atomic mass is 32.1. The van der Waals surface area contributed by atoms with Crippen LogP contribution >= 0.6 is 11.3 Å². The zero-order chi connectivity index (χ0) is 22.3. The summed E-state index contributed by atoms with van der Waals surface area (Å²) in [6.07, 6.45) is 0. The van der Waals surface area contributed by atoms with Gasteiger partial charge in [-0.15, -0.1) is 11.3 Å². The minimum Gasteiger partial charge on any atom is -0.503 e. The molecule has 7 heteroatoms. The molecular formula is C24H25N3O3S. The third-order valence-corrected chi connectivity index (χ3v) is 6.64. The number of aryl methyl sites for hydroxylation is 2. The number of amides is 1. The predicted octanol–water partition coefficient (Wildman–Crippen LogP) is 4.05. The maximum Gasteiger partial charge on any atom is 0.290 e. The van der Waals surface area contributed by atoms with Crippen LogP contribution in [0, 0.1) is 13.8 Å². The molecule has 0 aliphatic carbocycles. The van der Waals surface area contributed by atoms with E-state index in [-0.39, 0.29) is 11.4 Å². The monoisotopic (exact) mass is 435 g/mol. The van der Waals surface area contributed by atoms with E-state index in [0.717, 1.165) is 21.3 Å². The second-order valence-electron chi connectivity index (χ2n) is 8.01. The summed E-state index contributed by atoms with van der Waals surface area (Å²) in [5.41, 5.74) is 1.58. The Kier molecular flexibility index (Phi) is 5.64. The van der Waals surface area contributed by atoms with E-state index in [0.29, 0.717) is 23.7 Å². The number of benzene rings is 2. The Morgan fingerprint density at radius 2 is 1.87 bits per heavy atom. The van der Waals surface area contributed by atoms with Crippen LogP contribution in [0.15, 0.2) is 53.8 Å². The summed E-state index contributed by atoms with van der Waals surface area (Å²) in [5.74, 6) is -1.31. The topological polar surface area (TPSA) is 73.7 Å². The number of carbonyl (C=O) groups is 2. The Bertz CT molecular complexity index is 1210. The minimum atomic E-state index is -0.659. The van der Waals surface area contributed by atoms with Crippen LogP contribution in [-0.2, 0) is 4.79 Å². The van der Waals surface area contributed by atoms with Gasteiger partial charge in [0.15, 0.2) is 5.76 Å². The summed E-state index contributed by atoms with van der Waals surface area (Å²) in [7, 11) is 3.85. The normalized spacial score (nSPS) is 16.7. The Labute approximate surface area is 185 Å². The summed E-state index contributed by atoms with van der Waals surface area (Å²) < 4.78 is 0. The molecule has 1 aliphatic rings. The summed E-state index contributed by atoms with van der Waals surface area (Å²) in [5, 5.41) is 13.6. The second-order valence-corrected chi connectivity index (χ2v) is 9.21. The first-order valence-electron chi connectivity index (χ1n) is 10.1. The number of rotatable bonds is 6. The number of thiazole rings is 1. The van der Waals surface area contributed by atoms with Gasteiger partial charge in [-0.2, -0.15) is 0 Å². The fraction of sp³-hybridized carbons (Fsp3) is 0.292. The van der Waals surface area contributed by atoms with E-state index in [4.69, 9.17) is 0 Å². The Morgan fingerprint density at radius 1 is 1.16 bits per heavy atom. The number of carbonyl (C=O) groups excluding carboxylic acids is 2. The molecule has 0 saturated heterocycles.